The van der Waals surface area contributed by atoms with Gasteiger partial charge in [0.25, 0.3) is 0 Å². The predicted octanol–water partition coefficient (Wildman–Crippen LogP) is 12.7. The van der Waals surface area contributed by atoms with E-state index in [9.17, 15) is 0 Å². The van der Waals surface area contributed by atoms with Gasteiger partial charge in [-0.25, -0.2) is 15.0 Å². The van der Waals surface area contributed by atoms with Crippen molar-refractivity contribution in [1.82, 2.24) is 29.1 Å². The number of para-hydroxylation sites is 2. The molecule has 1 aliphatic heterocycles. The number of benzene rings is 4. The number of hydrogen-bond donors (Lipinski definition) is 0. The fourth-order valence-electron chi connectivity index (χ4n) is 9.36. The first kappa shape index (κ1) is 39.5. The molecule has 4 aromatic carbocycles. The Balaban J connectivity index is 1.08. The van der Waals surface area contributed by atoms with Gasteiger partial charge in [0.05, 0.1) is 39.3 Å². The van der Waals surface area contributed by atoms with Crippen molar-refractivity contribution >= 4 is 51.2 Å². The number of nitrogens with zero attached hydrogens (tertiary/aromatic N) is 6. The Morgan fingerprint density at radius 3 is 1.95 bits per heavy atom. The van der Waals surface area contributed by atoms with E-state index in [-0.39, 0.29) is 17.8 Å². The maximum atomic E-state index is 7.21. The minimum Gasteiger partial charge on any atom is -0.457 e. The largest absolute Gasteiger partial charge is 0.457 e. The molecule has 0 fully saturated rings. The summed E-state index contributed by atoms with van der Waals surface area (Å²) in [5.74, 6) is 5.50. The molecule has 0 bridgehead atoms. The first-order chi connectivity index (χ1) is 29.8. The predicted molar refractivity (Wildman–Crippen MR) is 256 cm³/mol. The molecule has 310 valence electrons. The molecule has 1 aliphatic rings. The lowest BCUT2D eigenvalue weighted by molar-refractivity contribution is 0.456. The fraction of sp³-hybridized carbons (Fsp3) is 0.245. The van der Waals surface area contributed by atoms with Crippen molar-refractivity contribution in [3.05, 3.63) is 144 Å². The van der Waals surface area contributed by atoms with Crippen LogP contribution < -0.4 is 19.8 Å². The molecule has 5 aromatic heterocycles. The molecule has 0 atom stereocenters. The smallest absolute Gasteiger partial charge is 0.205 e. The van der Waals surface area contributed by atoms with Gasteiger partial charge in [-0.15, -0.1) is 0 Å². The van der Waals surface area contributed by atoms with Crippen molar-refractivity contribution in [2.75, 3.05) is 0 Å². The average Bonchev–Trinajstić information content (AvgIpc) is 3.76. The first-order valence-electron chi connectivity index (χ1n) is 21.8. The normalized spacial score (nSPS) is 13.4. The third-order valence-corrected chi connectivity index (χ3v) is 16.0. The summed E-state index contributed by atoms with van der Waals surface area (Å²) in [4.78, 5) is 20.5. The van der Waals surface area contributed by atoms with Crippen LogP contribution in [0.2, 0.25) is 13.1 Å². The van der Waals surface area contributed by atoms with Crippen molar-refractivity contribution < 1.29 is 9.47 Å². The molecule has 0 saturated heterocycles. The van der Waals surface area contributed by atoms with Gasteiger partial charge in [0, 0.05) is 56.5 Å². The zero-order valence-electron chi connectivity index (χ0n) is 37.2. The average molecular weight is 833 g/mol. The quantitative estimate of drug-likeness (QED) is 0.142. The van der Waals surface area contributed by atoms with E-state index in [0.29, 0.717) is 0 Å². The third-order valence-electron chi connectivity index (χ3n) is 12.6. The molecule has 0 N–H and O–H groups in total. The number of hydrogen-bond acceptors (Lipinski definition) is 6. The van der Waals surface area contributed by atoms with Crippen LogP contribution in [0.15, 0.2) is 116 Å². The minimum atomic E-state index is -2.54. The highest BCUT2D eigenvalue weighted by molar-refractivity contribution is 7.03. The monoisotopic (exact) mass is 832 g/mol. The van der Waals surface area contributed by atoms with Crippen LogP contribution in [0.3, 0.4) is 0 Å². The van der Waals surface area contributed by atoms with Crippen molar-refractivity contribution in [2.24, 2.45) is 0 Å². The van der Waals surface area contributed by atoms with Crippen molar-refractivity contribution in [3.8, 4) is 45.9 Å². The topological polar surface area (TPSA) is 79.9 Å². The highest BCUT2D eigenvalue weighted by atomic mass is 28.3. The second-order valence-corrected chi connectivity index (χ2v) is 22.5. The number of rotatable bonds is 8. The second-order valence-electron chi connectivity index (χ2n) is 18.2. The Morgan fingerprint density at radius 1 is 0.597 bits per heavy atom. The van der Waals surface area contributed by atoms with Crippen molar-refractivity contribution in [3.63, 3.8) is 0 Å². The number of fused-ring (bicyclic) bond motifs is 7. The van der Waals surface area contributed by atoms with Crippen LogP contribution in [0.1, 0.15) is 87.6 Å². The van der Waals surface area contributed by atoms with Crippen LogP contribution in [-0.2, 0) is 0 Å². The molecule has 9 aromatic rings. The van der Waals surface area contributed by atoms with Crippen LogP contribution in [0, 0.1) is 13.8 Å². The maximum absolute atomic E-state index is 7.21. The van der Waals surface area contributed by atoms with Crippen LogP contribution in [0.4, 0.5) is 0 Å². The van der Waals surface area contributed by atoms with E-state index < -0.39 is 8.07 Å². The lowest BCUT2D eigenvalue weighted by Gasteiger charge is -2.33. The summed E-state index contributed by atoms with van der Waals surface area (Å²) in [5, 5.41) is 5.93. The Labute approximate surface area is 364 Å². The third kappa shape index (κ3) is 6.24. The van der Waals surface area contributed by atoms with Gasteiger partial charge >= 0.3 is 0 Å². The van der Waals surface area contributed by atoms with Gasteiger partial charge in [-0.3, -0.25) is 14.1 Å². The van der Waals surface area contributed by atoms with Gasteiger partial charge in [-0.1, -0.05) is 103 Å². The number of aromatic nitrogens is 6. The number of aryl methyl sites for hydroxylation is 2. The molecule has 0 spiro atoms. The molecule has 62 heavy (non-hydrogen) atoms. The molecule has 0 radical (unpaired) electrons. The Morgan fingerprint density at radius 2 is 1.26 bits per heavy atom. The zero-order chi connectivity index (χ0) is 43.2. The number of ether oxygens (including phenoxy) is 2. The Kier molecular flexibility index (Phi) is 9.44. The van der Waals surface area contributed by atoms with Crippen LogP contribution in [0.5, 0.6) is 23.1 Å². The SMILES string of the molecule is Cc1cnc(-n2c3ccccc3c3ccc(Oc4cccc(-c5nccc6c5[Si](C)(C)c5c(n(-c7c(C(C)C)nc(C(C)C)nc7C(C)C)c7ccccc57)O6)c4)cc32)cc1C. The summed E-state index contributed by atoms with van der Waals surface area (Å²) in [6.45, 7) is 22.3. The molecule has 10 rings (SSSR count). The molecule has 6 heterocycles. The van der Waals surface area contributed by atoms with E-state index in [1.807, 2.05) is 24.5 Å². The van der Waals surface area contributed by atoms with E-state index in [1.54, 1.807) is 0 Å². The van der Waals surface area contributed by atoms with E-state index in [1.165, 1.54) is 32.3 Å². The molecule has 0 saturated carbocycles. The molecule has 0 amide bonds. The summed E-state index contributed by atoms with van der Waals surface area (Å²) in [5.41, 5.74) is 10.6. The van der Waals surface area contributed by atoms with Gasteiger partial charge in [0.2, 0.25) is 5.88 Å². The molecule has 9 heteroatoms. The van der Waals surface area contributed by atoms with Crippen LogP contribution in [0.25, 0.3) is 55.5 Å². The molecule has 0 unspecified atom stereocenters. The Bertz CT molecular complexity index is 3220. The highest BCUT2D eigenvalue weighted by Crippen LogP contribution is 2.43. The van der Waals surface area contributed by atoms with Gasteiger partial charge in [0.15, 0.2) is 0 Å². The molecule has 0 aliphatic carbocycles. The second kappa shape index (κ2) is 14.8. The fourth-order valence-corrected chi connectivity index (χ4v) is 12.7. The lowest BCUT2D eigenvalue weighted by Crippen LogP contribution is -2.56. The standard InChI is InChI=1S/C53H52N6O2Si/c1-30(2)46-49(47(31(3)4)57-52(56-46)32(5)6)59-42-21-14-12-19-40(42)50-53(59)61-44-24-25-54-48(51(44)62(50,9)10)35-16-15-17-36(27-35)60-37-22-23-39-38-18-11-13-20-41(38)58(43(39)28-37)45-26-33(7)34(8)29-55-45/h11-32H,1-10H3. The summed E-state index contributed by atoms with van der Waals surface area (Å²) >= 11 is 0. The van der Waals surface area contributed by atoms with E-state index >= 15 is 0 Å². The van der Waals surface area contributed by atoms with Gasteiger partial charge < -0.3 is 9.47 Å². The number of pyridine rings is 2. The van der Waals surface area contributed by atoms with E-state index in [0.717, 1.165) is 85.0 Å². The Hall–Kier alpha value is -6.58. The zero-order valence-corrected chi connectivity index (χ0v) is 38.2. The van der Waals surface area contributed by atoms with Gasteiger partial charge in [-0.05, 0) is 85.3 Å². The van der Waals surface area contributed by atoms with Crippen molar-refractivity contribution in [2.45, 2.75) is 86.2 Å². The molecular weight excluding hydrogens is 781 g/mol. The lowest BCUT2D eigenvalue weighted by atomic mass is 10.00. The van der Waals surface area contributed by atoms with Crippen LogP contribution in [-0.4, -0.2) is 37.1 Å². The van der Waals surface area contributed by atoms with E-state index in [4.69, 9.17) is 29.4 Å². The van der Waals surface area contributed by atoms with E-state index in [2.05, 4.69) is 169 Å². The summed E-state index contributed by atoms with van der Waals surface area (Å²) < 4.78 is 18.5. The summed E-state index contributed by atoms with van der Waals surface area (Å²) in [6, 6.07) is 36.0. The summed E-state index contributed by atoms with van der Waals surface area (Å²) in [6.07, 6.45) is 3.82. The van der Waals surface area contributed by atoms with Crippen LogP contribution >= 0.6 is 0 Å². The van der Waals surface area contributed by atoms with Gasteiger partial charge in [0.1, 0.15) is 37.0 Å². The van der Waals surface area contributed by atoms with Crippen molar-refractivity contribution in [1.29, 1.82) is 0 Å². The molecular formula is C53H52N6O2Si. The van der Waals surface area contributed by atoms with Gasteiger partial charge in [-0.2, -0.15) is 0 Å². The maximum Gasteiger partial charge on any atom is 0.205 e. The molecule has 8 nitrogen and oxygen atoms in total. The first-order valence-corrected chi connectivity index (χ1v) is 24.8. The highest BCUT2D eigenvalue weighted by Gasteiger charge is 2.44. The minimum absolute atomic E-state index is 0.174. The summed E-state index contributed by atoms with van der Waals surface area (Å²) in [7, 11) is -2.54.